The third-order valence-corrected chi connectivity index (χ3v) is 3.04. The van der Waals surface area contributed by atoms with E-state index in [9.17, 15) is 18.9 Å². The molecule has 0 saturated heterocycles. The van der Waals surface area contributed by atoms with E-state index in [4.69, 9.17) is 5.73 Å². The Labute approximate surface area is 120 Å². The summed E-state index contributed by atoms with van der Waals surface area (Å²) < 4.78 is 26.4. The molecule has 0 fully saturated rings. The summed E-state index contributed by atoms with van der Waals surface area (Å²) in [6, 6.07) is 9.06. The number of rotatable bonds is 5. The van der Waals surface area contributed by atoms with Crippen LogP contribution in [-0.4, -0.2) is 11.0 Å². The lowest BCUT2D eigenvalue weighted by Gasteiger charge is -2.12. The summed E-state index contributed by atoms with van der Waals surface area (Å²) in [4.78, 5) is 10.0. The van der Waals surface area contributed by atoms with Crippen LogP contribution in [-0.2, 0) is 12.8 Å². The Morgan fingerprint density at radius 1 is 1.05 bits per heavy atom. The molecule has 1 unspecified atom stereocenters. The molecule has 110 valence electrons. The average molecular weight is 292 g/mol. The molecule has 2 N–H and O–H groups in total. The maximum absolute atomic E-state index is 13.3. The number of nitro benzene ring substituents is 1. The van der Waals surface area contributed by atoms with Gasteiger partial charge in [-0.25, -0.2) is 8.78 Å². The summed E-state index contributed by atoms with van der Waals surface area (Å²) in [5.74, 6) is -1.02. The minimum Gasteiger partial charge on any atom is -0.327 e. The third kappa shape index (κ3) is 4.32. The molecule has 0 aliphatic carbocycles. The van der Waals surface area contributed by atoms with Crippen molar-refractivity contribution < 1.29 is 13.7 Å². The van der Waals surface area contributed by atoms with Gasteiger partial charge in [0.15, 0.2) is 0 Å². The standard InChI is InChI=1S/C15H14F2N2O2/c16-12-3-1-2-10(4-12)6-14(18)7-11-5-13(17)9-15(8-11)19(20)21/h1-5,8-9,14H,6-7,18H2. The van der Waals surface area contributed by atoms with Crippen molar-refractivity contribution in [1.82, 2.24) is 0 Å². The van der Waals surface area contributed by atoms with Gasteiger partial charge in [0.2, 0.25) is 0 Å². The lowest BCUT2D eigenvalue weighted by Crippen LogP contribution is -2.25. The van der Waals surface area contributed by atoms with E-state index in [1.807, 2.05) is 0 Å². The topological polar surface area (TPSA) is 69.2 Å². The summed E-state index contributed by atoms with van der Waals surface area (Å²) in [6.07, 6.45) is 0.678. The highest BCUT2D eigenvalue weighted by Gasteiger charge is 2.13. The number of hydrogen-bond donors (Lipinski definition) is 1. The molecule has 0 radical (unpaired) electrons. The number of non-ortho nitro benzene ring substituents is 1. The van der Waals surface area contributed by atoms with Crippen molar-refractivity contribution in [1.29, 1.82) is 0 Å². The van der Waals surface area contributed by atoms with Crippen molar-refractivity contribution in [2.45, 2.75) is 18.9 Å². The fourth-order valence-electron chi connectivity index (χ4n) is 2.20. The van der Waals surface area contributed by atoms with Gasteiger partial charge in [-0.1, -0.05) is 12.1 Å². The summed E-state index contributed by atoms with van der Waals surface area (Å²) in [5, 5.41) is 10.7. The lowest BCUT2D eigenvalue weighted by molar-refractivity contribution is -0.385. The Balaban J connectivity index is 2.09. The lowest BCUT2D eigenvalue weighted by atomic mass is 9.99. The maximum atomic E-state index is 13.3. The van der Waals surface area contributed by atoms with Crippen molar-refractivity contribution in [3.05, 3.63) is 75.3 Å². The molecule has 2 aromatic carbocycles. The molecule has 0 saturated carbocycles. The fourth-order valence-corrected chi connectivity index (χ4v) is 2.20. The number of nitrogens with two attached hydrogens (primary N) is 1. The molecule has 0 amide bonds. The molecule has 4 nitrogen and oxygen atoms in total. The van der Waals surface area contributed by atoms with Crippen LogP contribution in [0.15, 0.2) is 42.5 Å². The van der Waals surface area contributed by atoms with Crippen LogP contribution >= 0.6 is 0 Å². The van der Waals surface area contributed by atoms with E-state index in [0.29, 0.717) is 12.0 Å². The van der Waals surface area contributed by atoms with Gasteiger partial charge < -0.3 is 5.73 Å². The molecule has 0 bridgehead atoms. The monoisotopic (exact) mass is 292 g/mol. The summed E-state index contributed by atoms with van der Waals surface area (Å²) in [7, 11) is 0. The Bertz CT molecular complexity index is 662. The zero-order chi connectivity index (χ0) is 15.4. The van der Waals surface area contributed by atoms with Crippen LogP contribution in [0.25, 0.3) is 0 Å². The third-order valence-electron chi connectivity index (χ3n) is 3.04. The van der Waals surface area contributed by atoms with Crippen molar-refractivity contribution in [2.75, 3.05) is 0 Å². The molecular formula is C15H14F2N2O2. The van der Waals surface area contributed by atoms with E-state index < -0.39 is 10.7 Å². The van der Waals surface area contributed by atoms with E-state index >= 15 is 0 Å². The van der Waals surface area contributed by atoms with Gasteiger partial charge in [-0.15, -0.1) is 0 Å². The van der Waals surface area contributed by atoms with Crippen LogP contribution in [0.3, 0.4) is 0 Å². The van der Waals surface area contributed by atoms with E-state index in [1.165, 1.54) is 24.3 Å². The van der Waals surface area contributed by atoms with E-state index in [0.717, 1.165) is 11.6 Å². The molecule has 2 rings (SSSR count). The minimum absolute atomic E-state index is 0.273. The van der Waals surface area contributed by atoms with Crippen LogP contribution in [0, 0.1) is 21.7 Å². The largest absolute Gasteiger partial charge is 0.327 e. The number of halogens is 2. The van der Waals surface area contributed by atoms with Crippen molar-refractivity contribution in [2.24, 2.45) is 5.73 Å². The normalized spacial score (nSPS) is 12.1. The molecule has 1 atom stereocenters. The van der Waals surface area contributed by atoms with E-state index in [2.05, 4.69) is 0 Å². The Morgan fingerprint density at radius 2 is 1.71 bits per heavy atom. The smallest absolute Gasteiger partial charge is 0.272 e. The average Bonchev–Trinajstić information content (AvgIpc) is 2.37. The first-order valence-electron chi connectivity index (χ1n) is 6.38. The van der Waals surface area contributed by atoms with Crippen molar-refractivity contribution in [3.8, 4) is 0 Å². The first-order chi connectivity index (χ1) is 9.94. The summed E-state index contributed by atoms with van der Waals surface area (Å²) in [6.45, 7) is 0. The molecule has 0 aliphatic rings. The first-order valence-corrected chi connectivity index (χ1v) is 6.38. The summed E-state index contributed by atoms with van der Waals surface area (Å²) in [5.41, 5.74) is 6.83. The van der Waals surface area contributed by atoms with Gasteiger partial charge in [-0.2, -0.15) is 0 Å². The molecule has 2 aromatic rings. The van der Waals surface area contributed by atoms with Gasteiger partial charge in [0.05, 0.1) is 11.0 Å². The number of benzene rings is 2. The Kier molecular flexibility index (Phi) is 4.59. The van der Waals surface area contributed by atoms with Gasteiger partial charge in [0.25, 0.3) is 5.69 Å². The van der Waals surface area contributed by atoms with Gasteiger partial charge in [0, 0.05) is 12.1 Å². The zero-order valence-electron chi connectivity index (χ0n) is 11.1. The Hall–Kier alpha value is -2.34. The SMILES string of the molecule is NC(Cc1cccc(F)c1)Cc1cc(F)cc([N+](=O)[O-])c1. The van der Waals surface area contributed by atoms with Crippen LogP contribution in [0.4, 0.5) is 14.5 Å². The highest BCUT2D eigenvalue weighted by molar-refractivity contribution is 5.35. The van der Waals surface area contributed by atoms with Crippen LogP contribution in [0.5, 0.6) is 0 Å². The molecule has 0 heterocycles. The minimum atomic E-state index is -0.669. The van der Waals surface area contributed by atoms with Crippen molar-refractivity contribution in [3.63, 3.8) is 0 Å². The van der Waals surface area contributed by atoms with E-state index in [-0.39, 0.29) is 24.0 Å². The Morgan fingerprint density at radius 3 is 2.38 bits per heavy atom. The van der Waals surface area contributed by atoms with Gasteiger partial charge in [-0.3, -0.25) is 10.1 Å². The second-order valence-corrected chi connectivity index (χ2v) is 4.87. The van der Waals surface area contributed by atoms with Crippen LogP contribution in [0.1, 0.15) is 11.1 Å². The highest BCUT2D eigenvalue weighted by Crippen LogP contribution is 2.18. The number of nitrogens with zero attached hydrogens (tertiary/aromatic N) is 1. The highest BCUT2D eigenvalue weighted by atomic mass is 19.1. The molecule has 0 aliphatic heterocycles. The maximum Gasteiger partial charge on any atom is 0.272 e. The molecule has 0 spiro atoms. The predicted octanol–water partition coefficient (Wildman–Crippen LogP) is 2.99. The van der Waals surface area contributed by atoms with Gasteiger partial charge in [-0.05, 0) is 42.2 Å². The first kappa shape index (κ1) is 15.1. The number of nitro groups is 1. The fraction of sp³-hybridized carbons (Fsp3) is 0.200. The van der Waals surface area contributed by atoms with Crippen molar-refractivity contribution >= 4 is 5.69 Å². The van der Waals surface area contributed by atoms with Crippen LogP contribution in [0.2, 0.25) is 0 Å². The number of hydrogen-bond acceptors (Lipinski definition) is 3. The second kappa shape index (κ2) is 6.41. The summed E-state index contributed by atoms with van der Waals surface area (Å²) >= 11 is 0. The molecule has 0 aromatic heterocycles. The van der Waals surface area contributed by atoms with E-state index in [1.54, 1.807) is 12.1 Å². The quantitative estimate of drug-likeness (QED) is 0.680. The van der Waals surface area contributed by atoms with Gasteiger partial charge >= 0.3 is 0 Å². The zero-order valence-corrected chi connectivity index (χ0v) is 11.1. The predicted molar refractivity (Wildman–Crippen MR) is 74.8 cm³/mol. The molecule has 6 heteroatoms. The van der Waals surface area contributed by atoms with Gasteiger partial charge in [0.1, 0.15) is 11.6 Å². The van der Waals surface area contributed by atoms with Crippen LogP contribution < -0.4 is 5.73 Å². The molecule has 21 heavy (non-hydrogen) atoms. The molecular weight excluding hydrogens is 278 g/mol. The second-order valence-electron chi connectivity index (χ2n) is 4.87.